The fraction of sp³-hybridized carbons (Fsp3) is 0.636. The molecule has 1 aromatic heterocycles. The van der Waals surface area contributed by atoms with Gasteiger partial charge in [0, 0.05) is 44.8 Å². The van der Waals surface area contributed by atoms with Gasteiger partial charge < -0.3 is 15.1 Å². The molecule has 2 aliphatic heterocycles. The van der Waals surface area contributed by atoms with E-state index in [1.54, 1.807) is 0 Å². The number of hydrogen-bond donors (Lipinski definition) is 1. The van der Waals surface area contributed by atoms with Gasteiger partial charge in [0.15, 0.2) is 0 Å². The number of anilines is 1. The van der Waals surface area contributed by atoms with Gasteiger partial charge in [0.05, 0.1) is 5.69 Å². The Hall–Kier alpha value is -0.910. The normalized spacial score (nSPS) is 20.7. The summed E-state index contributed by atoms with van der Waals surface area (Å²) in [4.78, 5) is 13.6. The van der Waals surface area contributed by atoms with Crippen LogP contribution in [0.2, 0.25) is 5.15 Å². The van der Waals surface area contributed by atoms with Crippen molar-refractivity contribution in [3.8, 4) is 0 Å². The number of piperazine rings is 1. The number of nitrogens with zero attached hydrogens (tertiary/aromatic N) is 4. The second kappa shape index (κ2) is 4.40. The molecule has 0 spiro atoms. The topological polar surface area (TPSA) is 44.3 Å². The molecule has 0 unspecified atom stereocenters. The Morgan fingerprint density at radius 2 is 1.88 bits per heavy atom. The minimum atomic E-state index is 0.605. The highest BCUT2D eigenvalue weighted by molar-refractivity contribution is 6.30. The van der Waals surface area contributed by atoms with Gasteiger partial charge in [-0.05, 0) is 7.05 Å². The number of fused-ring (bicyclic) bond motifs is 1. The van der Waals surface area contributed by atoms with Gasteiger partial charge in [-0.1, -0.05) is 11.6 Å². The number of aromatic nitrogens is 2. The van der Waals surface area contributed by atoms with Crippen LogP contribution in [0.1, 0.15) is 11.3 Å². The van der Waals surface area contributed by atoms with Crippen LogP contribution in [0.3, 0.4) is 0 Å². The quantitative estimate of drug-likeness (QED) is 0.738. The van der Waals surface area contributed by atoms with Crippen LogP contribution in [0.25, 0.3) is 0 Å². The number of nitrogens with one attached hydrogen (secondary N) is 1. The van der Waals surface area contributed by atoms with Crippen LogP contribution < -0.4 is 10.2 Å². The van der Waals surface area contributed by atoms with Crippen LogP contribution in [0, 0.1) is 0 Å². The van der Waals surface area contributed by atoms with Crippen LogP contribution in [-0.2, 0) is 13.1 Å². The Morgan fingerprint density at radius 1 is 1.12 bits per heavy atom. The first kappa shape index (κ1) is 11.2. The first-order valence-electron chi connectivity index (χ1n) is 5.93. The molecule has 3 rings (SSSR count). The predicted octanol–water partition coefficient (Wildman–Crippen LogP) is 0.485. The van der Waals surface area contributed by atoms with Crippen LogP contribution in [-0.4, -0.2) is 48.1 Å². The van der Waals surface area contributed by atoms with Gasteiger partial charge in [-0.2, -0.15) is 0 Å². The lowest BCUT2D eigenvalue weighted by Crippen LogP contribution is -2.45. The molecule has 3 heterocycles. The van der Waals surface area contributed by atoms with Gasteiger partial charge in [-0.25, -0.2) is 9.97 Å². The average Bonchev–Trinajstić information content (AvgIpc) is 2.78. The maximum absolute atomic E-state index is 6.19. The van der Waals surface area contributed by atoms with E-state index in [-0.39, 0.29) is 0 Å². The Kier molecular flexibility index (Phi) is 2.90. The maximum atomic E-state index is 6.19. The van der Waals surface area contributed by atoms with E-state index in [2.05, 4.69) is 32.1 Å². The molecule has 5 nitrogen and oxygen atoms in total. The van der Waals surface area contributed by atoms with Gasteiger partial charge in [-0.15, -0.1) is 0 Å². The lowest BCUT2D eigenvalue weighted by Gasteiger charge is -2.32. The summed E-state index contributed by atoms with van der Waals surface area (Å²) >= 11 is 6.19. The molecule has 0 aromatic carbocycles. The minimum Gasteiger partial charge on any atom is -0.338 e. The van der Waals surface area contributed by atoms with Crippen molar-refractivity contribution in [2.45, 2.75) is 13.1 Å². The van der Waals surface area contributed by atoms with Crippen LogP contribution in [0.5, 0.6) is 0 Å². The van der Waals surface area contributed by atoms with Gasteiger partial charge in [0.1, 0.15) is 5.15 Å². The summed E-state index contributed by atoms with van der Waals surface area (Å²) in [5, 5.41) is 3.86. The van der Waals surface area contributed by atoms with Crippen molar-refractivity contribution >= 4 is 17.5 Å². The maximum Gasteiger partial charge on any atom is 0.227 e. The number of rotatable bonds is 1. The molecule has 0 bridgehead atoms. The van der Waals surface area contributed by atoms with Crippen LogP contribution in [0.4, 0.5) is 5.95 Å². The molecule has 0 saturated carbocycles. The van der Waals surface area contributed by atoms with E-state index >= 15 is 0 Å². The molecule has 6 heteroatoms. The molecular formula is C11H16ClN5. The summed E-state index contributed by atoms with van der Waals surface area (Å²) in [6.45, 7) is 5.64. The Balaban J connectivity index is 1.86. The molecule has 17 heavy (non-hydrogen) atoms. The average molecular weight is 254 g/mol. The first-order valence-corrected chi connectivity index (χ1v) is 6.31. The summed E-state index contributed by atoms with van der Waals surface area (Å²) in [6, 6.07) is 0. The molecule has 92 valence electrons. The lowest BCUT2D eigenvalue weighted by molar-refractivity contribution is 0.311. The monoisotopic (exact) mass is 253 g/mol. The third kappa shape index (κ3) is 2.10. The predicted molar refractivity (Wildman–Crippen MR) is 67.3 cm³/mol. The van der Waals surface area contributed by atoms with Crippen LogP contribution >= 0.6 is 11.6 Å². The zero-order valence-corrected chi connectivity index (χ0v) is 10.7. The van der Waals surface area contributed by atoms with Crippen molar-refractivity contribution in [3.63, 3.8) is 0 Å². The fourth-order valence-corrected chi connectivity index (χ4v) is 2.51. The van der Waals surface area contributed by atoms with Crippen molar-refractivity contribution in [1.82, 2.24) is 20.2 Å². The van der Waals surface area contributed by atoms with E-state index in [0.717, 1.165) is 56.5 Å². The Bertz CT molecular complexity index is 428. The molecular weight excluding hydrogens is 238 g/mol. The van der Waals surface area contributed by atoms with Crippen LogP contribution in [0.15, 0.2) is 0 Å². The molecule has 1 fully saturated rings. The lowest BCUT2D eigenvalue weighted by atomic mass is 10.3. The van der Waals surface area contributed by atoms with Crippen molar-refractivity contribution < 1.29 is 0 Å². The molecule has 1 aromatic rings. The minimum absolute atomic E-state index is 0.605. The number of hydrogen-bond acceptors (Lipinski definition) is 5. The molecule has 0 atom stereocenters. The SMILES string of the molecule is CN1CCN(c2nc(Cl)c3c(n2)CNC3)CC1. The molecule has 2 aliphatic rings. The zero-order valence-electron chi connectivity index (χ0n) is 9.91. The summed E-state index contributed by atoms with van der Waals surface area (Å²) in [7, 11) is 2.14. The summed E-state index contributed by atoms with van der Waals surface area (Å²) < 4.78 is 0. The third-order valence-corrected chi connectivity index (χ3v) is 3.72. The molecule has 0 amide bonds. The molecule has 0 aliphatic carbocycles. The van der Waals surface area contributed by atoms with Gasteiger partial charge in [0.2, 0.25) is 5.95 Å². The Morgan fingerprint density at radius 3 is 2.65 bits per heavy atom. The van der Waals surface area contributed by atoms with E-state index in [0.29, 0.717) is 5.15 Å². The van der Waals surface area contributed by atoms with E-state index in [4.69, 9.17) is 11.6 Å². The third-order valence-electron chi connectivity index (χ3n) is 3.41. The largest absolute Gasteiger partial charge is 0.338 e. The first-order chi connectivity index (χ1) is 8.24. The van der Waals surface area contributed by atoms with Crippen molar-refractivity contribution in [2.75, 3.05) is 38.1 Å². The van der Waals surface area contributed by atoms with Gasteiger partial charge in [-0.3, -0.25) is 0 Å². The summed E-state index contributed by atoms with van der Waals surface area (Å²) in [5.74, 6) is 0.783. The van der Waals surface area contributed by atoms with Crippen molar-refractivity contribution in [3.05, 3.63) is 16.4 Å². The summed E-state index contributed by atoms with van der Waals surface area (Å²) in [6.07, 6.45) is 0. The van der Waals surface area contributed by atoms with Crippen molar-refractivity contribution in [2.24, 2.45) is 0 Å². The zero-order chi connectivity index (χ0) is 11.8. The standard InChI is InChI=1S/C11H16ClN5/c1-16-2-4-17(5-3-16)11-14-9-7-13-6-8(9)10(12)15-11/h13H,2-7H2,1H3. The van der Waals surface area contributed by atoms with E-state index in [9.17, 15) is 0 Å². The second-order valence-corrected chi connectivity index (χ2v) is 4.99. The Labute approximate surface area is 106 Å². The number of likely N-dealkylation sites (N-methyl/N-ethyl adjacent to an activating group) is 1. The second-order valence-electron chi connectivity index (χ2n) is 4.63. The fourth-order valence-electron chi connectivity index (χ4n) is 2.26. The van der Waals surface area contributed by atoms with Gasteiger partial charge >= 0.3 is 0 Å². The molecule has 1 saturated heterocycles. The number of halogens is 1. The van der Waals surface area contributed by atoms with E-state index in [1.807, 2.05) is 0 Å². The van der Waals surface area contributed by atoms with E-state index in [1.165, 1.54) is 0 Å². The summed E-state index contributed by atoms with van der Waals surface area (Å²) in [5.41, 5.74) is 2.11. The molecule has 0 radical (unpaired) electrons. The van der Waals surface area contributed by atoms with Gasteiger partial charge in [0.25, 0.3) is 0 Å². The highest BCUT2D eigenvalue weighted by Crippen LogP contribution is 2.24. The molecule has 1 N–H and O–H groups in total. The smallest absolute Gasteiger partial charge is 0.227 e. The van der Waals surface area contributed by atoms with E-state index < -0.39 is 0 Å². The highest BCUT2D eigenvalue weighted by atomic mass is 35.5. The van der Waals surface area contributed by atoms with Crippen molar-refractivity contribution in [1.29, 1.82) is 0 Å². The highest BCUT2D eigenvalue weighted by Gasteiger charge is 2.22.